The van der Waals surface area contributed by atoms with Gasteiger partial charge in [0.15, 0.2) is 5.69 Å². The van der Waals surface area contributed by atoms with Crippen molar-refractivity contribution in [2.75, 3.05) is 14.2 Å². The van der Waals surface area contributed by atoms with Crippen LogP contribution in [0.5, 0.6) is 11.5 Å². The Bertz CT molecular complexity index is 1110. The second-order valence-electron chi connectivity index (χ2n) is 7.60. The summed E-state index contributed by atoms with van der Waals surface area (Å²) in [7, 11) is 3.10. The van der Waals surface area contributed by atoms with Gasteiger partial charge in [0.2, 0.25) is 0 Å². The number of Topliss-reactive ketones (excluding diaryl/α,β-unsaturated/α-hetero) is 1. The molecular formula is C24H26N2O5. The minimum absolute atomic E-state index is 0.0779. The van der Waals surface area contributed by atoms with Crippen LogP contribution in [0.1, 0.15) is 48.3 Å². The van der Waals surface area contributed by atoms with E-state index in [1.54, 1.807) is 44.0 Å². The Kier molecular flexibility index (Phi) is 6.44. The predicted molar refractivity (Wildman–Crippen MR) is 118 cm³/mol. The van der Waals surface area contributed by atoms with Crippen LogP contribution >= 0.6 is 0 Å². The number of carbonyl (C=O) groups is 2. The number of benzene rings is 2. The van der Waals surface area contributed by atoms with Gasteiger partial charge < -0.3 is 14.6 Å². The van der Waals surface area contributed by atoms with Gasteiger partial charge in [-0.05, 0) is 48.2 Å². The number of hydrogen-bond donors (Lipinski definition) is 1. The highest BCUT2D eigenvalue weighted by Crippen LogP contribution is 2.40. The number of hydrogen-bond acceptors (Lipinski definition) is 5. The van der Waals surface area contributed by atoms with E-state index in [4.69, 9.17) is 9.47 Å². The summed E-state index contributed by atoms with van der Waals surface area (Å²) < 4.78 is 12.7. The largest absolute Gasteiger partial charge is 0.496 e. The van der Waals surface area contributed by atoms with E-state index >= 15 is 0 Å². The average molecular weight is 422 g/mol. The first-order valence-corrected chi connectivity index (χ1v) is 9.94. The molecule has 0 bridgehead atoms. The first-order chi connectivity index (χ1) is 14.8. The summed E-state index contributed by atoms with van der Waals surface area (Å²) in [6.45, 7) is 5.64. The maximum Gasteiger partial charge on any atom is 0.356 e. The molecule has 7 nitrogen and oxygen atoms in total. The molecule has 0 fully saturated rings. The molecule has 0 radical (unpaired) electrons. The number of carboxylic acid groups (broad SMARTS) is 1. The highest BCUT2D eigenvalue weighted by Gasteiger charge is 2.23. The van der Waals surface area contributed by atoms with Crippen molar-refractivity contribution in [3.05, 3.63) is 59.3 Å². The summed E-state index contributed by atoms with van der Waals surface area (Å²) in [5.41, 5.74) is 3.64. The Morgan fingerprint density at radius 3 is 2.23 bits per heavy atom. The monoisotopic (exact) mass is 422 g/mol. The highest BCUT2D eigenvalue weighted by molar-refractivity contribution is 5.88. The molecule has 0 atom stereocenters. The lowest BCUT2D eigenvalue weighted by molar-refractivity contribution is -0.116. The number of carboxylic acids is 1. The second-order valence-corrected chi connectivity index (χ2v) is 7.60. The van der Waals surface area contributed by atoms with Gasteiger partial charge in [0.05, 0.1) is 31.2 Å². The molecule has 0 saturated carbocycles. The lowest BCUT2D eigenvalue weighted by Gasteiger charge is -2.18. The molecule has 0 aliphatic heterocycles. The van der Waals surface area contributed by atoms with Crippen LogP contribution in [-0.2, 0) is 11.2 Å². The van der Waals surface area contributed by atoms with Crippen LogP contribution in [0, 0.1) is 0 Å². The SMILES string of the molecule is COc1cccc(OC)c1-c1cc(C(=O)O)nn1-c1ccc(CC(C)=O)cc1C(C)C. The van der Waals surface area contributed by atoms with Gasteiger partial charge in [-0.25, -0.2) is 9.48 Å². The van der Waals surface area contributed by atoms with Crippen LogP contribution in [0.3, 0.4) is 0 Å². The zero-order valence-corrected chi connectivity index (χ0v) is 18.3. The lowest BCUT2D eigenvalue weighted by Crippen LogP contribution is -2.08. The maximum absolute atomic E-state index is 11.8. The van der Waals surface area contributed by atoms with Crippen molar-refractivity contribution in [3.8, 4) is 28.4 Å². The topological polar surface area (TPSA) is 90.7 Å². The van der Waals surface area contributed by atoms with Crippen LogP contribution in [0.25, 0.3) is 16.9 Å². The Balaban J connectivity index is 2.32. The summed E-state index contributed by atoms with van der Waals surface area (Å²) >= 11 is 0. The van der Waals surface area contributed by atoms with Gasteiger partial charge in [-0.1, -0.05) is 32.0 Å². The van der Waals surface area contributed by atoms with Crippen molar-refractivity contribution in [2.24, 2.45) is 0 Å². The van der Waals surface area contributed by atoms with Gasteiger partial charge in [0.1, 0.15) is 17.3 Å². The molecule has 1 heterocycles. The summed E-state index contributed by atoms with van der Waals surface area (Å²) in [4.78, 5) is 23.4. The fourth-order valence-electron chi connectivity index (χ4n) is 3.61. The molecular weight excluding hydrogens is 396 g/mol. The van der Waals surface area contributed by atoms with Crippen LogP contribution in [-0.4, -0.2) is 40.9 Å². The van der Waals surface area contributed by atoms with Crippen molar-refractivity contribution < 1.29 is 24.2 Å². The van der Waals surface area contributed by atoms with Crippen molar-refractivity contribution >= 4 is 11.8 Å². The molecule has 0 saturated heterocycles. The van der Waals surface area contributed by atoms with Crippen molar-refractivity contribution in [1.82, 2.24) is 9.78 Å². The van der Waals surface area contributed by atoms with Crippen LogP contribution in [0.4, 0.5) is 0 Å². The summed E-state index contributed by atoms with van der Waals surface area (Å²) in [5.74, 6) is 0.141. The number of nitrogens with zero attached hydrogens (tertiary/aromatic N) is 2. The Morgan fingerprint density at radius 2 is 1.71 bits per heavy atom. The van der Waals surface area contributed by atoms with E-state index in [0.29, 0.717) is 29.2 Å². The van der Waals surface area contributed by atoms with Gasteiger partial charge in [-0.3, -0.25) is 4.79 Å². The van der Waals surface area contributed by atoms with Gasteiger partial charge in [0, 0.05) is 6.42 Å². The molecule has 7 heteroatoms. The van der Waals surface area contributed by atoms with Crippen LogP contribution in [0.15, 0.2) is 42.5 Å². The number of carbonyl (C=O) groups excluding carboxylic acids is 1. The minimum Gasteiger partial charge on any atom is -0.496 e. The van der Waals surface area contributed by atoms with Gasteiger partial charge >= 0.3 is 5.97 Å². The molecule has 2 aromatic carbocycles. The van der Waals surface area contributed by atoms with Crippen molar-refractivity contribution in [2.45, 2.75) is 33.1 Å². The molecule has 1 aromatic heterocycles. The van der Waals surface area contributed by atoms with E-state index in [1.165, 1.54) is 6.07 Å². The van der Waals surface area contributed by atoms with E-state index in [-0.39, 0.29) is 17.4 Å². The van der Waals surface area contributed by atoms with Crippen molar-refractivity contribution in [3.63, 3.8) is 0 Å². The average Bonchev–Trinajstić information content (AvgIpc) is 3.17. The first-order valence-electron chi connectivity index (χ1n) is 9.94. The molecule has 162 valence electrons. The zero-order valence-electron chi connectivity index (χ0n) is 18.3. The molecule has 3 aromatic rings. The number of ether oxygens (including phenoxy) is 2. The Morgan fingerprint density at radius 1 is 1.06 bits per heavy atom. The number of methoxy groups -OCH3 is 2. The predicted octanol–water partition coefficient (Wildman–Crippen LogP) is 4.51. The third kappa shape index (κ3) is 4.45. The van der Waals surface area contributed by atoms with Crippen molar-refractivity contribution in [1.29, 1.82) is 0 Å². The first kappa shape index (κ1) is 22.1. The molecule has 31 heavy (non-hydrogen) atoms. The van der Waals surface area contributed by atoms with E-state index in [1.807, 2.05) is 32.0 Å². The minimum atomic E-state index is -1.13. The third-order valence-corrected chi connectivity index (χ3v) is 5.01. The lowest BCUT2D eigenvalue weighted by atomic mass is 9.96. The normalized spacial score (nSPS) is 10.9. The Hall–Kier alpha value is -3.61. The molecule has 0 amide bonds. The smallest absolute Gasteiger partial charge is 0.356 e. The molecule has 1 N–H and O–H groups in total. The number of aromatic carboxylic acids is 1. The summed E-state index contributed by atoms with van der Waals surface area (Å²) in [6.07, 6.45) is 0.340. The third-order valence-electron chi connectivity index (χ3n) is 5.01. The summed E-state index contributed by atoms with van der Waals surface area (Å²) in [6, 6.07) is 12.6. The quantitative estimate of drug-likeness (QED) is 0.574. The fourth-order valence-corrected chi connectivity index (χ4v) is 3.61. The fraction of sp³-hybridized carbons (Fsp3) is 0.292. The number of aromatic nitrogens is 2. The molecule has 0 aliphatic rings. The standard InChI is InChI=1S/C24H26N2O5/c1-14(2)17-12-16(11-15(3)27)9-10-19(17)26-20(13-18(25-26)24(28)29)23-21(30-4)7-6-8-22(23)31-5/h6-10,12-14H,11H2,1-5H3,(H,28,29). The Labute approximate surface area is 181 Å². The summed E-state index contributed by atoms with van der Waals surface area (Å²) in [5, 5.41) is 14.0. The van der Waals surface area contributed by atoms with Crippen LogP contribution < -0.4 is 9.47 Å². The zero-order chi connectivity index (χ0) is 22.7. The molecule has 0 unspecified atom stereocenters. The van der Waals surface area contributed by atoms with E-state index in [0.717, 1.165) is 16.8 Å². The molecule has 0 spiro atoms. The molecule has 3 rings (SSSR count). The number of rotatable bonds is 8. The van der Waals surface area contributed by atoms with Gasteiger partial charge in [-0.2, -0.15) is 5.10 Å². The van der Waals surface area contributed by atoms with Gasteiger partial charge in [0.25, 0.3) is 0 Å². The van der Waals surface area contributed by atoms with E-state index in [9.17, 15) is 14.7 Å². The highest BCUT2D eigenvalue weighted by atomic mass is 16.5. The van der Waals surface area contributed by atoms with E-state index in [2.05, 4.69) is 5.10 Å². The maximum atomic E-state index is 11.8. The second kappa shape index (κ2) is 9.04. The van der Waals surface area contributed by atoms with Crippen LogP contribution in [0.2, 0.25) is 0 Å². The number of ketones is 1. The molecule has 0 aliphatic carbocycles. The van der Waals surface area contributed by atoms with Gasteiger partial charge in [-0.15, -0.1) is 0 Å². The van der Waals surface area contributed by atoms with E-state index < -0.39 is 5.97 Å².